The molecule has 0 spiro atoms. The number of aliphatic carboxylic acids is 2. The Labute approximate surface area is 82.7 Å². The molecule has 0 heterocycles. The largest absolute Gasteiger partial charge is 0.481 e. The van der Waals surface area contributed by atoms with Gasteiger partial charge in [-0.15, -0.1) is 0 Å². The van der Waals surface area contributed by atoms with Gasteiger partial charge in [0.15, 0.2) is 6.10 Å². The molecule has 0 aromatic rings. The minimum Gasteiger partial charge on any atom is -0.481 e. The first-order valence-electron chi connectivity index (χ1n) is 4.60. The lowest BCUT2D eigenvalue weighted by Crippen LogP contribution is -2.20. The van der Waals surface area contributed by atoms with Gasteiger partial charge in [-0.1, -0.05) is 6.42 Å². The van der Waals surface area contributed by atoms with Crippen LogP contribution in [0.1, 0.15) is 32.6 Å². The smallest absolute Gasteiger partial charge is 0.332 e. The number of ether oxygens (including phenoxy) is 1. The van der Waals surface area contributed by atoms with Gasteiger partial charge in [-0.3, -0.25) is 4.79 Å². The first-order chi connectivity index (χ1) is 6.54. The van der Waals surface area contributed by atoms with Gasteiger partial charge in [0.25, 0.3) is 0 Å². The minimum atomic E-state index is -0.976. The molecule has 0 saturated heterocycles. The van der Waals surface area contributed by atoms with E-state index in [-0.39, 0.29) is 6.42 Å². The van der Waals surface area contributed by atoms with Crippen LogP contribution in [0.3, 0.4) is 0 Å². The van der Waals surface area contributed by atoms with E-state index in [1.54, 1.807) is 0 Å². The second-order valence-electron chi connectivity index (χ2n) is 3.06. The first kappa shape index (κ1) is 12.9. The molecule has 0 aromatic heterocycles. The van der Waals surface area contributed by atoms with Gasteiger partial charge in [0.1, 0.15) is 0 Å². The van der Waals surface area contributed by atoms with Crippen LogP contribution < -0.4 is 0 Å². The van der Waals surface area contributed by atoms with Gasteiger partial charge in [0, 0.05) is 13.0 Å². The molecule has 5 nitrogen and oxygen atoms in total. The van der Waals surface area contributed by atoms with E-state index in [1.165, 1.54) is 6.92 Å². The highest BCUT2D eigenvalue weighted by Crippen LogP contribution is 2.01. The fraction of sp³-hybridized carbons (Fsp3) is 0.778. The molecular weight excluding hydrogens is 188 g/mol. The Morgan fingerprint density at radius 1 is 1.21 bits per heavy atom. The van der Waals surface area contributed by atoms with E-state index < -0.39 is 18.0 Å². The van der Waals surface area contributed by atoms with Crippen molar-refractivity contribution in [2.24, 2.45) is 0 Å². The van der Waals surface area contributed by atoms with Crippen molar-refractivity contribution >= 4 is 11.9 Å². The van der Waals surface area contributed by atoms with Crippen LogP contribution in [-0.2, 0) is 14.3 Å². The maximum absolute atomic E-state index is 10.3. The summed E-state index contributed by atoms with van der Waals surface area (Å²) in [6.07, 6.45) is 1.44. The Morgan fingerprint density at radius 2 is 1.86 bits per heavy atom. The van der Waals surface area contributed by atoms with Crippen LogP contribution in [0.2, 0.25) is 0 Å². The third-order valence-electron chi connectivity index (χ3n) is 1.75. The summed E-state index contributed by atoms with van der Waals surface area (Å²) in [7, 11) is 0. The summed E-state index contributed by atoms with van der Waals surface area (Å²) in [4.78, 5) is 20.4. The van der Waals surface area contributed by atoms with Gasteiger partial charge in [-0.05, 0) is 19.8 Å². The Morgan fingerprint density at radius 3 is 2.36 bits per heavy atom. The van der Waals surface area contributed by atoms with Gasteiger partial charge >= 0.3 is 11.9 Å². The van der Waals surface area contributed by atoms with Crippen LogP contribution in [-0.4, -0.2) is 34.9 Å². The molecule has 5 heteroatoms. The molecule has 14 heavy (non-hydrogen) atoms. The summed E-state index contributed by atoms with van der Waals surface area (Å²) in [6.45, 7) is 1.84. The number of rotatable bonds is 8. The van der Waals surface area contributed by atoms with Crippen LogP contribution in [0.5, 0.6) is 0 Å². The van der Waals surface area contributed by atoms with E-state index in [0.717, 1.165) is 6.42 Å². The third kappa shape index (κ3) is 7.54. The van der Waals surface area contributed by atoms with Crippen LogP contribution in [0.15, 0.2) is 0 Å². The summed E-state index contributed by atoms with van der Waals surface area (Å²) in [5, 5.41) is 16.8. The van der Waals surface area contributed by atoms with E-state index in [0.29, 0.717) is 19.4 Å². The highest BCUT2D eigenvalue weighted by atomic mass is 16.5. The zero-order valence-corrected chi connectivity index (χ0v) is 8.23. The Balaban J connectivity index is 3.21. The molecule has 0 aliphatic heterocycles. The Kier molecular flexibility index (Phi) is 6.74. The van der Waals surface area contributed by atoms with Crippen molar-refractivity contribution in [2.45, 2.75) is 38.7 Å². The standard InChI is InChI=1S/C9H16O5/c1-7(9(12)13)14-6-4-2-3-5-8(10)11/h7H,2-6H2,1H3,(H,10,11)(H,12,13). The number of unbranched alkanes of at least 4 members (excludes halogenated alkanes) is 2. The fourth-order valence-corrected chi connectivity index (χ4v) is 0.886. The van der Waals surface area contributed by atoms with Crippen molar-refractivity contribution in [1.29, 1.82) is 0 Å². The SMILES string of the molecule is CC(OCCCCCC(=O)O)C(=O)O. The molecule has 0 aliphatic carbocycles. The van der Waals surface area contributed by atoms with Gasteiger partial charge in [-0.2, -0.15) is 0 Å². The van der Waals surface area contributed by atoms with Crippen molar-refractivity contribution in [3.05, 3.63) is 0 Å². The average molecular weight is 204 g/mol. The summed E-state index contributed by atoms with van der Waals surface area (Å²) in [5.41, 5.74) is 0. The van der Waals surface area contributed by atoms with Crippen LogP contribution in [0.4, 0.5) is 0 Å². The summed E-state index contributed by atoms with van der Waals surface area (Å²) < 4.78 is 4.96. The number of hydrogen-bond acceptors (Lipinski definition) is 3. The molecule has 0 bridgehead atoms. The predicted octanol–water partition coefficient (Wildman–Crippen LogP) is 1.12. The van der Waals surface area contributed by atoms with Crippen molar-refractivity contribution in [3.8, 4) is 0 Å². The maximum Gasteiger partial charge on any atom is 0.332 e. The molecule has 82 valence electrons. The van der Waals surface area contributed by atoms with E-state index in [4.69, 9.17) is 14.9 Å². The van der Waals surface area contributed by atoms with Crippen molar-refractivity contribution in [2.75, 3.05) is 6.61 Å². The molecule has 0 rings (SSSR count). The molecule has 0 saturated carbocycles. The van der Waals surface area contributed by atoms with Crippen molar-refractivity contribution in [1.82, 2.24) is 0 Å². The topological polar surface area (TPSA) is 83.8 Å². The molecule has 0 fully saturated rings. The fourth-order valence-electron chi connectivity index (χ4n) is 0.886. The first-order valence-corrected chi connectivity index (χ1v) is 4.60. The summed E-state index contributed by atoms with van der Waals surface area (Å²) >= 11 is 0. The molecule has 0 amide bonds. The lowest BCUT2D eigenvalue weighted by atomic mass is 10.2. The van der Waals surface area contributed by atoms with E-state index in [9.17, 15) is 9.59 Å². The zero-order valence-electron chi connectivity index (χ0n) is 8.23. The second kappa shape index (κ2) is 7.32. The second-order valence-corrected chi connectivity index (χ2v) is 3.06. The number of carbonyl (C=O) groups is 2. The normalized spacial score (nSPS) is 12.4. The predicted molar refractivity (Wildman–Crippen MR) is 49.2 cm³/mol. The van der Waals surface area contributed by atoms with E-state index in [1.807, 2.05) is 0 Å². The highest BCUT2D eigenvalue weighted by molar-refractivity contribution is 5.71. The van der Waals surface area contributed by atoms with Crippen LogP contribution >= 0.6 is 0 Å². The molecule has 0 aromatic carbocycles. The Hall–Kier alpha value is -1.10. The lowest BCUT2D eigenvalue weighted by Gasteiger charge is -2.07. The molecule has 1 atom stereocenters. The van der Waals surface area contributed by atoms with Gasteiger partial charge in [0.05, 0.1) is 0 Å². The van der Waals surface area contributed by atoms with E-state index in [2.05, 4.69) is 0 Å². The third-order valence-corrected chi connectivity index (χ3v) is 1.75. The Bertz CT molecular complexity index is 190. The average Bonchev–Trinajstić information content (AvgIpc) is 2.09. The van der Waals surface area contributed by atoms with Crippen molar-refractivity contribution < 1.29 is 24.5 Å². The van der Waals surface area contributed by atoms with Gasteiger partial charge in [-0.25, -0.2) is 4.79 Å². The number of carboxylic acids is 2. The van der Waals surface area contributed by atoms with E-state index >= 15 is 0 Å². The van der Waals surface area contributed by atoms with Gasteiger partial charge < -0.3 is 14.9 Å². The lowest BCUT2D eigenvalue weighted by molar-refractivity contribution is -0.149. The molecular formula is C9H16O5. The number of carboxylic acid groups (broad SMARTS) is 2. The maximum atomic E-state index is 10.3. The zero-order chi connectivity index (χ0) is 11.0. The molecule has 0 radical (unpaired) electrons. The summed E-state index contributed by atoms with van der Waals surface area (Å²) in [6, 6.07) is 0. The monoisotopic (exact) mass is 204 g/mol. The van der Waals surface area contributed by atoms with Crippen LogP contribution in [0.25, 0.3) is 0 Å². The quantitative estimate of drug-likeness (QED) is 0.579. The van der Waals surface area contributed by atoms with Crippen LogP contribution in [0, 0.1) is 0 Å². The highest BCUT2D eigenvalue weighted by Gasteiger charge is 2.09. The molecule has 2 N–H and O–H groups in total. The molecule has 1 unspecified atom stereocenters. The number of hydrogen-bond donors (Lipinski definition) is 2. The molecule has 0 aliphatic rings. The van der Waals surface area contributed by atoms with Crippen molar-refractivity contribution in [3.63, 3.8) is 0 Å². The minimum absolute atomic E-state index is 0.161. The van der Waals surface area contributed by atoms with Gasteiger partial charge in [0.2, 0.25) is 0 Å². The summed E-state index contributed by atoms with van der Waals surface area (Å²) in [5.74, 6) is -1.78.